The number of aliphatic hydroxyl groups excluding tert-OH is 1. The van der Waals surface area contributed by atoms with E-state index in [1.54, 1.807) is 0 Å². The van der Waals surface area contributed by atoms with Gasteiger partial charge in [0.1, 0.15) is 11.9 Å². The van der Waals surface area contributed by atoms with E-state index in [0.717, 1.165) is 28.4 Å². The zero-order valence-electron chi connectivity index (χ0n) is 13.8. The van der Waals surface area contributed by atoms with E-state index in [0.29, 0.717) is 16.3 Å². The molecule has 4 atom stereocenters. The summed E-state index contributed by atoms with van der Waals surface area (Å²) in [5.41, 5.74) is 1.60. The number of fused-ring (bicyclic) bond motifs is 3. The van der Waals surface area contributed by atoms with Crippen LogP contribution in [0.3, 0.4) is 0 Å². The van der Waals surface area contributed by atoms with Gasteiger partial charge in [0.05, 0.1) is 10.0 Å². The Labute approximate surface area is 153 Å². The van der Waals surface area contributed by atoms with Crippen LogP contribution in [0, 0.1) is 24.2 Å². The first-order valence-electron chi connectivity index (χ1n) is 8.05. The molecule has 2 aliphatic carbocycles. The van der Waals surface area contributed by atoms with E-state index in [-0.39, 0.29) is 23.0 Å². The lowest BCUT2D eigenvalue weighted by Crippen LogP contribution is -2.46. The van der Waals surface area contributed by atoms with Crippen LogP contribution in [-0.4, -0.2) is 22.1 Å². The zero-order valence-corrected chi connectivity index (χ0v) is 17.0. The number of Topliss-reactive ketones (excluding diaryl/α,β-unsaturated/α-hetero) is 1. The first-order chi connectivity index (χ1) is 10.6. The molecule has 0 unspecified atom stereocenters. The van der Waals surface area contributed by atoms with Gasteiger partial charge >= 0.3 is 0 Å². The van der Waals surface area contributed by atoms with Gasteiger partial charge in [0.15, 0.2) is 5.78 Å². The molecule has 5 heteroatoms. The van der Waals surface area contributed by atoms with Gasteiger partial charge < -0.3 is 10.2 Å². The Morgan fingerprint density at radius 1 is 1.26 bits per heavy atom. The fraction of sp³-hybridized carbons (Fsp3) is 0.611. The second-order valence-corrected chi connectivity index (χ2v) is 9.17. The lowest BCUT2D eigenvalue weighted by molar-refractivity contribution is 0.0161. The molecule has 0 bridgehead atoms. The Kier molecular flexibility index (Phi) is 4.22. The third kappa shape index (κ3) is 2.19. The number of carbonyl (C=O) groups excluding carboxylic acids is 1. The van der Waals surface area contributed by atoms with Crippen molar-refractivity contribution in [3.63, 3.8) is 0 Å². The van der Waals surface area contributed by atoms with Crippen LogP contribution in [0.15, 0.2) is 8.95 Å². The van der Waals surface area contributed by atoms with Crippen LogP contribution in [0.2, 0.25) is 0 Å². The highest BCUT2D eigenvalue weighted by molar-refractivity contribution is 9.11. The minimum Gasteiger partial charge on any atom is -0.506 e. The lowest BCUT2D eigenvalue weighted by Gasteiger charge is -2.44. The second-order valence-electron chi connectivity index (χ2n) is 7.59. The van der Waals surface area contributed by atoms with E-state index in [4.69, 9.17) is 0 Å². The molecule has 2 aliphatic rings. The van der Waals surface area contributed by atoms with Gasteiger partial charge in [-0.05, 0) is 64.6 Å². The molecular weight excluding hydrogens is 424 g/mol. The normalized spacial score (nSPS) is 33.0. The Morgan fingerprint density at radius 2 is 1.87 bits per heavy atom. The number of rotatable bonds is 1. The number of hydrogen-bond donors (Lipinski definition) is 2. The maximum Gasteiger partial charge on any atom is 0.195 e. The van der Waals surface area contributed by atoms with E-state index < -0.39 is 11.5 Å². The average Bonchev–Trinajstić information content (AvgIpc) is 2.85. The number of phenols is 1. The van der Waals surface area contributed by atoms with Crippen LogP contribution >= 0.6 is 31.9 Å². The summed E-state index contributed by atoms with van der Waals surface area (Å²) < 4.78 is 1.40. The second kappa shape index (κ2) is 5.57. The third-order valence-corrected chi connectivity index (χ3v) is 8.04. The number of benzene rings is 1. The highest BCUT2D eigenvalue weighted by Crippen LogP contribution is 2.63. The van der Waals surface area contributed by atoms with Gasteiger partial charge in [-0.1, -0.05) is 36.7 Å². The first-order valence-corrected chi connectivity index (χ1v) is 9.64. The van der Waals surface area contributed by atoms with Gasteiger partial charge in [-0.3, -0.25) is 4.79 Å². The first kappa shape index (κ1) is 17.4. The monoisotopic (exact) mass is 444 g/mol. The van der Waals surface area contributed by atoms with Crippen molar-refractivity contribution in [3.8, 4) is 5.75 Å². The van der Waals surface area contributed by atoms with Crippen molar-refractivity contribution in [2.24, 2.45) is 17.3 Å². The molecule has 0 spiro atoms. The molecule has 0 aromatic heterocycles. The summed E-state index contributed by atoms with van der Waals surface area (Å²) in [5, 5.41) is 21.3. The number of ketones is 1. The summed E-state index contributed by atoms with van der Waals surface area (Å²) in [4.78, 5) is 12.8. The molecule has 1 aromatic rings. The van der Waals surface area contributed by atoms with Crippen LogP contribution in [0.25, 0.3) is 0 Å². The fourth-order valence-corrected chi connectivity index (χ4v) is 5.96. The van der Waals surface area contributed by atoms with E-state index in [9.17, 15) is 15.0 Å². The molecule has 0 amide bonds. The van der Waals surface area contributed by atoms with Gasteiger partial charge in [-0.2, -0.15) is 0 Å². The maximum absolute atomic E-state index is 12.8. The van der Waals surface area contributed by atoms with Crippen molar-refractivity contribution in [2.75, 3.05) is 0 Å². The Balaban J connectivity index is 2.37. The van der Waals surface area contributed by atoms with Gasteiger partial charge in [-0.25, -0.2) is 0 Å². The highest BCUT2D eigenvalue weighted by atomic mass is 79.9. The predicted octanol–water partition coefficient (Wildman–Crippen LogP) is 4.94. The third-order valence-electron chi connectivity index (χ3n) is 6.05. The molecular formula is C18H22Br2O3. The van der Waals surface area contributed by atoms with E-state index in [1.807, 2.05) is 13.8 Å². The molecule has 1 saturated carbocycles. The Hall–Kier alpha value is -0.390. The van der Waals surface area contributed by atoms with Gasteiger partial charge in [0.25, 0.3) is 0 Å². The van der Waals surface area contributed by atoms with Crippen LogP contribution in [-0.2, 0) is 0 Å². The van der Waals surface area contributed by atoms with Gasteiger partial charge in [-0.15, -0.1) is 0 Å². The summed E-state index contributed by atoms with van der Waals surface area (Å²) in [6, 6.07) is 0. The molecule has 0 aliphatic heterocycles. The maximum atomic E-state index is 12.8. The Bertz CT molecular complexity index is 698. The topological polar surface area (TPSA) is 57.5 Å². The average molecular weight is 446 g/mol. The number of phenolic OH excluding ortho intramolecular Hbond substituents is 1. The minimum atomic E-state index is -1.06. The van der Waals surface area contributed by atoms with Crippen molar-refractivity contribution in [2.45, 2.75) is 52.6 Å². The largest absolute Gasteiger partial charge is 0.506 e. The molecule has 0 heterocycles. The smallest absolute Gasteiger partial charge is 0.195 e. The highest BCUT2D eigenvalue weighted by Gasteiger charge is 2.58. The van der Waals surface area contributed by atoms with Crippen molar-refractivity contribution in [1.82, 2.24) is 0 Å². The molecule has 3 rings (SSSR count). The fourth-order valence-electron chi connectivity index (χ4n) is 4.66. The van der Waals surface area contributed by atoms with Crippen molar-refractivity contribution >= 4 is 37.6 Å². The summed E-state index contributed by atoms with van der Waals surface area (Å²) in [5.74, 6) is 0.506. The van der Waals surface area contributed by atoms with Crippen LogP contribution in [0.1, 0.15) is 61.0 Å². The van der Waals surface area contributed by atoms with Crippen molar-refractivity contribution in [3.05, 3.63) is 25.6 Å². The predicted molar refractivity (Wildman–Crippen MR) is 97.0 cm³/mol. The van der Waals surface area contributed by atoms with E-state index in [2.05, 4.69) is 45.7 Å². The number of halogens is 2. The standard InChI is InChI=1S/C18H22Br2O3/c1-7(2)9-5-6-18(4)12(9)10-11(16(22)17(18)23)15(21)14(20)8(3)13(10)19/h7,9,12,17,21,23H,5-6H2,1-4H3/t9-,12-,17-,18-/m1/s1. The van der Waals surface area contributed by atoms with Crippen LogP contribution in [0.5, 0.6) is 5.75 Å². The summed E-state index contributed by atoms with van der Waals surface area (Å²) in [6.07, 6.45) is 0.760. The molecule has 2 N–H and O–H groups in total. The number of aromatic hydroxyl groups is 1. The minimum absolute atomic E-state index is 0.0405. The van der Waals surface area contributed by atoms with Crippen molar-refractivity contribution < 1.29 is 15.0 Å². The zero-order chi connectivity index (χ0) is 17.3. The summed E-state index contributed by atoms with van der Waals surface area (Å²) in [6.45, 7) is 8.32. The molecule has 3 nitrogen and oxygen atoms in total. The Morgan fingerprint density at radius 3 is 2.43 bits per heavy atom. The molecule has 1 fully saturated rings. The molecule has 0 radical (unpaired) electrons. The molecule has 1 aromatic carbocycles. The van der Waals surface area contributed by atoms with Crippen molar-refractivity contribution in [1.29, 1.82) is 0 Å². The van der Waals surface area contributed by atoms with Crippen LogP contribution in [0.4, 0.5) is 0 Å². The number of hydrogen-bond acceptors (Lipinski definition) is 3. The summed E-state index contributed by atoms with van der Waals surface area (Å²) >= 11 is 7.03. The number of carbonyl (C=O) groups is 1. The van der Waals surface area contributed by atoms with Gasteiger partial charge in [0, 0.05) is 9.89 Å². The van der Waals surface area contributed by atoms with E-state index >= 15 is 0 Å². The van der Waals surface area contributed by atoms with Gasteiger partial charge in [0.2, 0.25) is 0 Å². The summed E-state index contributed by atoms with van der Waals surface area (Å²) in [7, 11) is 0. The molecule has 0 saturated heterocycles. The lowest BCUT2D eigenvalue weighted by atomic mass is 9.61. The quantitative estimate of drug-likeness (QED) is 0.643. The molecule has 23 heavy (non-hydrogen) atoms. The molecule has 126 valence electrons. The van der Waals surface area contributed by atoms with E-state index in [1.165, 1.54) is 0 Å². The van der Waals surface area contributed by atoms with Crippen LogP contribution < -0.4 is 0 Å². The number of aliphatic hydroxyl groups is 1. The SMILES string of the molecule is Cc1c(Br)c(O)c2c(c1Br)[C@H]1[C@@H](C(C)C)CC[C@@]1(C)[C@H](O)C2=O.